The summed E-state index contributed by atoms with van der Waals surface area (Å²) in [4.78, 5) is 23.6. The first-order chi connectivity index (χ1) is 15.2. The molecule has 13 heteroatoms. The average molecular weight is 485 g/mol. The lowest BCUT2D eigenvalue weighted by Crippen LogP contribution is -2.45. The van der Waals surface area contributed by atoms with Crippen LogP contribution in [0.5, 0.6) is 5.75 Å². The zero-order valence-corrected chi connectivity index (χ0v) is 19.3. The van der Waals surface area contributed by atoms with Crippen LogP contribution in [0.15, 0.2) is 29.4 Å². The number of aromatic nitrogens is 4. The molecular weight excluding hydrogens is 463 g/mol. The second-order valence-corrected chi connectivity index (χ2v) is 9.91. The van der Waals surface area contributed by atoms with Gasteiger partial charge in [0.15, 0.2) is 21.3 Å². The van der Waals surface area contributed by atoms with Gasteiger partial charge in [-0.15, -0.1) is 0 Å². The lowest BCUT2D eigenvalue weighted by Gasteiger charge is -2.24. The molecule has 3 rings (SSSR count). The van der Waals surface area contributed by atoms with Crippen molar-refractivity contribution in [2.24, 2.45) is 7.05 Å². The van der Waals surface area contributed by atoms with E-state index < -0.39 is 33.2 Å². The first-order valence-corrected chi connectivity index (χ1v) is 11.4. The van der Waals surface area contributed by atoms with Crippen LogP contribution in [0, 0.1) is 0 Å². The Labute approximate surface area is 187 Å². The van der Waals surface area contributed by atoms with Crippen LogP contribution in [0.2, 0.25) is 0 Å². The molecule has 0 unspecified atom stereocenters. The summed E-state index contributed by atoms with van der Waals surface area (Å²) in [6, 6.07) is 2.01. The fraction of sp³-hybridized carbons (Fsp3) is 0.400. The fourth-order valence-corrected chi connectivity index (χ4v) is 4.19. The number of aryl methyl sites for hydroxylation is 1. The number of pyridine rings is 2. The number of sulfone groups is 1. The van der Waals surface area contributed by atoms with E-state index in [1.807, 2.05) is 0 Å². The zero-order valence-electron chi connectivity index (χ0n) is 18.5. The summed E-state index contributed by atoms with van der Waals surface area (Å²) >= 11 is 0. The Morgan fingerprint density at radius 3 is 2.42 bits per heavy atom. The van der Waals surface area contributed by atoms with Crippen LogP contribution in [0.4, 0.5) is 13.2 Å². The van der Waals surface area contributed by atoms with E-state index in [1.165, 1.54) is 51.7 Å². The minimum absolute atomic E-state index is 0.0162. The second kappa shape index (κ2) is 8.28. The lowest BCUT2D eigenvalue weighted by atomic mass is 10.1. The van der Waals surface area contributed by atoms with Crippen LogP contribution in [-0.4, -0.2) is 52.2 Å². The minimum atomic E-state index is -4.66. The van der Waals surface area contributed by atoms with Crippen molar-refractivity contribution in [3.8, 4) is 17.3 Å². The number of halogens is 3. The number of hydrogen-bond acceptors (Lipinski definition) is 7. The van der Waals surface area contributed by atoms with Crippen LogP contribution in [0.3, 0.4) is 0 Å². The molecule has 1 N–H and O–H groups in total. The van der Waals surface area contributed by atoms with Crippen LogP contribution in [-0.2, 0) is 27.9 Å². The zero-order chi connectivity index (χ0) is 24.8. The molecule has 0 aliphatic carbocycles. The number of carbonyl (C=O) groups is 1. The van der Waals surface area contributed by atoms with Gasteiger partial charge in [0, 0.05) is 20.2 Å². The molecule has 0 saturated heterocycles. The van der Waals surface area contributed by atoms with E-state index in [0.717, 1.165) is 12.3 Å². The first-order valence-electron chi connectivity index (χ1n) is 9.75. The normalized spacial score (nSPS) is 12.7. The standard InChI is InChI=1S/C20H22F3N5O4S/c1-6-33(30,31)14-7-11(32-19(2,3)18(29)24-4)9-26-16(14)17-27-12-8-15(20(21,22)23)25-10-13(12)28(17)5/h7-10H,6H2,1-5H3,(H,24,29). The third kappa shape index (κ3) is 4.63. The fourth-order valence-electron chi connectivity index (χ4n) is 3.14. The van der Waals surface area contributed by atoms with Crippen molar-refractivity contribution in [3.05, 3.63) is 30.2 Å². The van der Waals surface area contributed by atoms with Crippen LogP contribution >= 0.6 is 0 Å². The summed E-state index contributed by atoms with van der Waals surface area (Å²) in [5.41, 5.74) is -2.25. The van der Waals surface area contributed by atoms with Gasteiger partial charge < -0.3 is 14.6 Å². The van der Waals surface area contributed by atoms with E-state index >= 15 is 0 Å². The second-order valence-electron chi connectivity index (χ2n) is 7.66. The molecule has 0 radical (unpaired) electrons. The molecule has 178 valence electrons. The lowest BCUT2D eigenvalue weighted by molar-refractivity contribution is -0.141. The third-order valence-electron chi connectivity index (χ3n) is 4.96. The number of fused-ring (bicyclic) bond motifs is 1. The highest BCUT2D eigenvalue weighted by Gasteiger charge is 2.34. The molecule has 0 aromatic carbocycles. The Kier molecular flexibility index (Phi) is 6.13. The molecule has 1 amide bonds. The van der Waals surface area contributed by atoms with Gasteiger partial charge in [0.25, 0.3) is 5.91 Å². The van der Waals surface area contributed by atoms with Gasteiger partial charge >= 0.3 is 6.18 Å². The smallest absolute Gasteiger partial charge is 0.433 e. The van der Waals surface area contributed by atoms with Crippen LogP contribution in [0.25, 0.3) is 22.6 Å². The Hall–Kier alpha value is -3.22. The molecule has 0 atom stereocenters. The SMILES string of the molecule is CCS(=O)(=O)c1cc(OC(C)(C)C(=O)NC)cnc1-c1nc2cc(C(F)(F)F)ncc2n1C. The topological polar surface area (TPSA) is 116 Å². The van der Waals surface area contributed by atoms with E-state index in [1.54, 1.807) is 0 Å². The molecule has 9 nitrogen and oxygen atoms in total. The summed E-state index contributed by atoms with van der Waals surface area (Å²) in [5, 5.41) is 2.45. The van der Waals surface area contributed by atoms with Gasteiger partial charge in [0.2, 0.25) is 0 Å². The maximum atomic E-state index is 13.0. The Balaban J connectivity index is 2.19. The van der Waals surface area contributed by atoms with Crippen molar-refractivity contribution >= 4 is 26.8 Å². The minimum Gasteiger partial charge on any atom is -0.476 e. The van der Waals surface area contributed by atoms with Crippen LogP contribution in [0.1, 0.15) is 26.5 Å². The first kappa shape index (κ1) is 24.4. The average Bonchev–Trinajstić information content (AvgIpc) is 3.08. The van der Waals surface area contributed by atoms with Crippen molar-refractivity contribution in [1.82, 2.24) is 24.8 Å². The molecule has 0 fully saturated rings. The summed E-state index contributed by atoms with van der Waals surface area (Å²) in [7, 11) is -0.905. The van der Waals surface area contributed by atoms with E-state index in [0.29, 0.717) is 0 Å². The Bertz CT molecular complexity index is 1330. The van der Waals surface area contributed by atoms with Crippen molar-refractivity contribution in [3.63, 3.8) is 0 Å². The van der Waals surface area contributed by atoms with Gasteiger partial charge in [-0.1, -0.05) is 6.92 Å². The molecular formula is C20H22F3N5O4S. The quantitative estimate of drug-likeness (QED) is 0.571. The molecule has 3 heterocycles. The molecule has 0 aliphatic heterocycles. The maximum Gasteiger partial charge on any atom is 0.433 e. The number of ether oxygens (including phenoxy) is 1. The van der Waals surface area contributed by atoms with Crippen molar-refractivity contribution in [1.29, 1.82) is 0 Å². The highest BCUT2D eigenvalue weighted by atomic mass is 32.2. The van der Waals surface area contributed by atoms with Crippen LogP contribution < -0.4 is 10.1 Å². The number of rotatable bonds is 6. The Morgan fingerprint density at radius 1 is 1.18 bits per heavy atom. The summed E-state index contributed by atoms with van der Waals surface area (Å²) < 4.78 is 71.9. The van der Waals surface area contributed by atoms with E-state index in [9.17, 15) is 26.4 Å². The molecule has 3 aromatic rings. The van der Waals surface area contributed by atoms with Gasteiger partial charge in [-0.3, -0.25) is 4.79 Å². The van der Waals surface area contributed by atoms with Crippen molar-refractivity contribution in [2.75, 3.05) is 12.8 Å². The number of nitrogens with one attached hydrogen (secondary N) is 1. The van der Waals surface area contributed by atoms with Gasteiger partial charge in [0.1, 0.15) is 22.0 Å². The van der Waals surface area contributed by atoms with E-state index in [2.05, 4.69) is 20.3 Å². The Morgan fingerprint density at radius 2 is 1.85 bits per heavy atom. The van der Waals surface area contributed by atoms with E-state index in [-0.39, 0.29) is 38.9 Å². The predicted molar refractivity (Wildman–Crippen MR) is 113 cm³/mol. The number of hydrogen-bond donors (Lipinski definition) is 1. The van der Waals surface area contributed by atoms with Crippen molar-refractivity contribution < 1.29 is 31.1 Å². The molecule has 3 aromatic heterocycles. The maximum absolute atomic E-state index is 13.0. The molecule has 0 aliphatic rings. The largest absolute Gasteiger partial charge is 0.476 e. The van der Waals surface area contributed by atoms with Crippen molar-refractivity contribution in [2.45, 2.75) is 37.4 Å². The van der Waals surface area contributed by atoms with Gasteiger partial charge in [-0.05, 0) is 19.9 Å². The molecule has 0 spiro atoms. The van der Waals surface area contributed by atoms with E-state index in [4.69, 9.17) is 4.74 Å². The number of alkyl halides is 3. The highest BCUT2D eigenvalue weighted by Crippen LogP contribution is 2.34. The third-order valence-corrected chi connectivity index (χ3v) is 6.70. The van der Waals surface area contributed by atoms with Gasteiger partial charge in [0.05, 0.1) is 29.2 Å². The van der Waals surface area contributed by atoms with Gasteiger partial charge in [-0.25, -0.2) is 23.4 Å². The number of imidazole rings is 1. The van der Waals surface area contributed by atoms with Gasteiger partial charge in [-0.2, -0.15) is 13.2 Å². The summed E-state index contributed by atoms with van der Waals surface area (Å²) in [6.07, 6.45) is -2.41. The number of carbonyl (C=O) groups excluding carboxylic acids is 1. The molecule has 0 bridgehead atoms. The number of nitrogens with zero attached hydrogens (tertiary/aromatic N) is 4. The predicted octanol–water partition coefficient (Wildman–Crippen LogP) is 2.75. The summed E-state index contributed by atoms with van der Waals surface area (Å²) in [5.74, 6) is -0.641. The molecule has 0 saturated carbocycles. The summed E-state index contributed by atoms with van der Waals surface area (Å²) in [6.45, 7) is 4.45. The molecule has 33 heavy (non-hydrogen) atoms. The highest BCUT2D eigenvalue weighted by molar-refractivity contribution is 7.91. The monoisotopic (exact) mass is 485 g/mol. The number of likely N-dealkylation sites (N-methyl/N-ethyl adjacent to an activating group) is 1. The number of amides is 1.